The lowest BCUT2D eigenvalue weighted by Crippen LogP contribution is -2.50. The van der Waals surface area contributed by atoms with Crippen LogP contribution in [-0.4, -0.2) is 65.2 Å². The second kappa shape index (κ2) is 12.1. The van der Waals surface area contributed by atoms with E-state index >= 15 is 0 Å². The summed E-state index contributed by atoms with van der Waals surface area (Å²) in [4.78, 5) is 15.6. The molecule has 1 atom stereocenters. The normalized spacial score (nSPS) is 19.7. The van der Waals surface area contributed by atoms with E-state index in [0.29, 0.717) is 0 Å². The molecule has 1 saturated heterocycles. The van der Waals surface area contributed by atoms with Crippen molar-refractivity contribution >= 4 is 30.5 Å². The van der Waals surface area contributed by atoms with Gasteiger partial charge in [-0.25, -0.2) is 0 Å². The second-order valence-corrected chi connectivity index (χ2v) is 9.25. The maximum absolute atomic E-state index is 11.6. The number of hydrogen-bond donors (Lipinski definition) is 1. The molecule has 0 bridgehead atoms. The number of nitrogens with zero attached hydrogens (tertiary/aromatic N) is 3. The van der Waals surface area contributed by atoms with E-state index < -0.39 is 5.60 Å². The lowest BCUT2D eigenvalue weighted by atomic mass is 9.72. The minimum atomic E-state index is -0.658. The molecule has 1 heterocycles. The van der Waals surface area contributed by atoms with Crippen molar-refractivity contribution in [2.45, 2.75) is 43.6 Å². The number of aliphatic hydroxyl groups is 1. The summed E-state index contributed by atoms with van der Waals surface area (Å²) >= 11 is 0. The van der Waals surface area contributed by atoms with Gasteiger partial charge in [-0.15, -0.1) is 24.8 Å². The molecule has 8 heteroatoms. The molecule has 4 rings (SSSR count). The molecule has 0 radical (unpaired) electrons. The Morgan fingerprint density at radius 3 is 2.21 bits per heavy atom. The van der Waals surface area contributed by atoms with Gasteiger partial charge < -0.3 is 14.9 Å². The van der Waals surface area contributed by atoms with Crippen LogP contribution in [-0.2, 0) is 0 Å². The number of piperazine rings is 1. The van der Waals surface area contributed by atoms with E-state index in [-0.39, 0.29) is 41.3 Å². The molecule has 182 valence electrons. The van der Waals surface area contributed by atoms with Crippen LogP contribution in [0.15, 0.2) is 48.5 Å². The molecular weight excluding hydrogens is 461 g/mol. The standard InChI is InChI=1S/C25H33N3O3.2ClH/c1-26-14-16-27(17-15-26)19-24(25(29)12-3-2-4-13-25)21-10-8-20(9-11-21)22-6-5-7-23(18-22)28(30)31;;/h5-11,18,24,29H,2-4,12-17,19H2,1H3;2*1H. The van der Waals surface area contributed by atoms with Gasteiger partial charge in [0.05, 0.1) is 10.5 Å². The van der Waals surface area contributed by atoms with E-state index in [4.69, 9.17) is 0 Å². The van der Waals surface area contributed by atoms with Gasteiger partial charge in [-0.3, -0.25) is 10.1 Å². The fourth-order valence-corrected chi connectivity index (χ4v) is 5.09. The monoisotopic (exact) mass is 495 g/mol. The average Bonchev–Trinajstić information content (AvgIpc) is 2.79. The zero-order valence-electron chi connectivity index (χ0n) is 19.2. The molecule has 2 aromatic rings. The van der Waals surface area contributed by atoms with Gasteiger partial charge in [-0.1, -0.05) is 55.7 Å². The third-order valence-electron chi connectivity index (χ3n) is 7.11. The second-order valence-electron chi connectivity index (χ2n) is 9.25. The molecular formula is C25H35Cl2N3O3. The van der Waals surface area contributed by atoms with Crippen molar-refractivity contribution < 1.29 is 10.0 Å². The fourth-order valence-electron chi connectivity index (χ4n) is 5.09. The average molecular weight is 496 g/mol. The quantitative estimate of drug-likeness (QED) is 0.444. The van der Waals surface area contributed by atoms with Crippen molar-refractivity contribution in [2.24, 2.45) is 0 Å². The zero-order chi connectivity index (χ0) is 21.8. The number of hydrogen-bond acceptors (Lipinski definition) is 5. The Kier molecular flexibility index (Phi) is 10.1. The van der Waals surface area contributed by atoms with Gasteiger partial charge in [0.15, 0.2) is 0 Å². The molecule has 6 nitrogen and oxygen atoms in total. The third-order valence-corrected chi connectivity index (χ3v) is 7.11. The van der Waals surface area contributed by atoms with Gasteiger partial charge in [0.2, 0.25) is 0 Å². The van der Waals surface area contributed by atoms with Crippen LogP contribution in [0.3, 0.4) is 0 Å². The molecule has 1 N–H and O–H groups in total. The van der Waals surface area contributed by atoms with Crippen LogP contribution in [0.5, 0.6) is 0 Å². The molecule has 2 fully saturated rings. The minimum Gasteiger partial charge on any atom is -0.389 e. The first-order valence-electron chi connectivity index (χ1n) is 11.4. The Hall–Kier alpha value is -1.70. The van der Waals surface area contributed by atoms with E-state index in [2.05, 4.69) is 29.0 Å². The Bertz CT molecular complexity index is 896. The van der Waals surface area contributed by atoms with E-state index in [1.165, 1.54) is 12.5 Å². The van der Waals surface area contributed by atoms with Crippen LogP contribution >= 0.6 is 24.8 Å². The Balaban J connectivity index is 0.00000193. The molecule has 0 amide bonds. The van der Waals surface area contributed by atoms with Crippen LogP contribution in [0, 0.1) is 10.1 Å². The summed E-state index contributed by atoms with van der Waals surface area (Å²) in [6, 6.07) is 15.1. The van der Waals surface area contributed by atoms with Crippen molar-refractivity contribution in [3.05, 3.63) is 64.2 Å². The van der Waals surface area contributed by atoms with Gasteiger partial charge >= 0.3 is 0 Å². The van der Waals surface area contributed by atoms with Gasteiger partial charge in [0.1, 0.15) is 0 Å². The molecule has 1 aliphatic heterocycles. The number of nitro groups is 1. The van der Waals surface area contributed by atoms with Crippen molar-refractivity contribution in [1.82, 2.24) is 9.80 Å². The van der Waals surface area contributed by atoms with Gasteiger partial charge in [-0.05, 0) is 36.6 Å². The van der Waals surface area contributed by atoms with Crippen LogP contribution in [0.1, 0.15) is 43.6 Å². The summed E-state index contributed by atoms with van der Waals surface area (Å²) in [7, 11) is 2.16. The zero-order valence-corrected chi connectivity index (χ0v) is 20.8. The van der Waals surface area contributed by atoms with Crippen LogP contribution in [0.25, 0.3) is 11.1 Å². The van der Waals surface area contributed by atoms with E-state index in [9.17, 15) is 15.2 Å². The fraction of sp³-hybridized carbons (Fsp3) is 0.520. The molecule has 0 spiro atoms. The van der Waals surface area contributed by atoms with Gasteiger partial charge in [0.25, 0.3) is 5.69 Å². The summed E-state index contributed by atoms with van der Waals surface area (Å²) in [5.74, 6) is 0.0790. The highest BCUT2D eigenvalue weighted by atomic mass is 35.5. The summed E-state index contributed by atoms with van der Waals surface area (Å²) in [5, 5.41) is 22.8. The summed E-state index contributed by atoms with van der Waals surface area (Å²) < 4.78 is 0. The molecule has 1 saturated carbocycles. The van der Waals surface area contributed by atoms with Gasteiger partial charge in [-0.2, -0.15) is 0 Å². The number of halogens is 2. The first kappa shape index (κ1) is 27.5. The topological polar surface area (TPSA) is 69.9 Å². The predicted octanol–water partition coefficient (Wildman–Crippen LogP) is 5.13. The molecule has 2 aliphatic rings. The number of nitro benzene ring substituents is 1. The molecule has 0 aromatic heterocycles. The maximum Gasteiger partial charge on any atom is 0.270 e. The van der Waals surface area contributed by atoms with Crippen molar-refractivity contribution in [3.8, 4) is 11.1 Å². The minimum absolute atomic E-state index is 0. The van der Waals surface area contributed by atoms with E-state index in [0.717, 1.165) is 75.1 Å². The van der Waals surface area contributed by atoms with E-state index in [1.807, 2.05) is 18.2 Å². The lowest BCUT2D eigenvalue weighted by Gasteiger charge is -2.43. The largest absolute Gasteiger partial charge is 0.389 e. The first-order valence-corrected chi connectivity index (χ1v) is 11.4. The van der Waals surface area contributed by atoms with Gasteiger partial charge in [0, 0.05) is 50.8 Å². The Labute approximate surface area is 208 Å². The van der Waals surface area contributed by atoms with Crippen molar-refractivity contribution in [2.75, 3.05) is 39.8 Å². The van der Waals surface area contributed by atoms with Crippen LogP contribution in [0.4, 0.5) is 5.69 Å². The SMILES string of the molecule is CN1CCN(CC(c2ccc(-c3cccc([N+](=O)[O-])c3)cc2)C2(O)CCCCC2)CC1.Cl.Cl. The Morgan fingerprint density at radius 1 is 0.970 bits per heavy atom. The summed E-state index contributed by atoms with van der Waals surface area (Å²) in [6.45, 7) is 5.08. The highest BCUT2D eigenvalue weighted by Gasteiger charge is 2.39. The molecule has 2 aromatic carbocycles. The van der Waals surface area contributed by atoms with Crippen LogP contribution < -0.4 is 0 Å². The third kappa shape index (κ3) is 6.67. The highest BCUT2D eigenvalue weighted by Crippen LogP contribution is 2.41. The lowest BCUT2D eigenvalue weighted by molar-refractivity contribution is -0.384. The van der Waals surface area contributed by atoms with Crippen molar-refractivity contribution in [1.29, 1.82) is 0 Å². The number of benzene rings is 2. The predicted molar refractivity (Wildman–Crippen MR) is 138 cm³/mol. The number of likely N-dealkylation sites (N-methyl/N-ethyl adjacent to an activating group) is 1. The van der Waals surface area contributed by atoms with Crippen LogP contribution in [0.2, 0.25) is 0 Å². The van der Waals surface area contributed by atoms with E-state index in [1.54, 1.807) is 12.1 Å². The number of rotatable bonds is 6. The molecule has 33 heavy (non-hydrogen) atoms. The molecule has 1 unspecified atom stereocenters. The Morgan fingerprint density at radius 2 is 1.61 bits per heavy atom. The smallest absolute Gasteiger partial charge is 0.270 e. The van der Waals surface area contributed by atoms with Crippen molar-refractivity contribution in [3.63, 3.8) is 0 Å². The number of non-ortho nitro benzene ring substituents is 1. The molecule has 1 aliphatic carbocycles. The summed E-state index contributed by atoms with van der Waals surface area (Å²) in [5.41, 5.74) is 2.41. The summed E-state index contributed by atoms with van der Waals surface area (Å²) in [6.07, 6.45) is 5.09. The maximum atomic E-state index is 11.6. The highest BCUT2D eigenvalue weighted by molar-refractivity contribution is 5.85. The first-order chi connectivity index (χ1) is 14.9.